The van der Waals surface area contributed by atoms with Gasteiger partial charge in [-0.25, -0.2) is 9.78 Å². The number of benzene rings is 2. The van der Waals surface area contributed by atoms with Crippen molar-refractivity contribution in [2.24, 2.45) is 0 Å². The first-order chi connectivity index (χ1) is 12.6. The van der Waals surface area contributed by atoms with Gasteiger partial charge in [0.05, 0.1) is 18.2 Å². The van der Waals surface area contributed by atoms with Crippen molar-refractivity contribution in [2.75, 3.05) is 13.7 Å². The maximum absolute atomic E-state index is 11.3. The van der Waals surface area contributed by atoms with Crippen LogP contribution in [-0.4, -0.2) is 34.8 Å². The van der Waals surface area contributed by atoms with Crippen LogP contribution < -0.4 is 9.47 Å². The molecule has 0 amide bonds. The van der Waals surface area contributed by atoms with Gasteiger partial charge in [0.2, 0.25) is 0 Å². The Morgan fingerprint density at radius 2 is 2.12 bits per heavy atom. The second kappa shape index (κ2) is 7.57. The van der Waals surface area contributed by atoms with Crippen LogP contribution >= 0.6 is 0 Å². The number of aromatic amines is 1. The molecule has 0 saturated heterocycles. The highest BCUT2D eigenvalue weighted by Crippen LogP contribution is 2.29. The van der Waals surface area contributed by atoms with Crippen LogP contribution in [0.3, 0.4) is 0 Å². The average molecular weight is 350 g/mol. The number of aromatic carboxylic acids is 1. The number of aromatic nitrogens is 2. The van der Waals surface area contributed by atoms with Crippen molar-refractivity contribution < 1.29 is 19.4 Å². The number of ether oxygens (including phenoxy) is 2. The first kappa shape index (κ1) is 17.3. The van der Waals surface area contributed by atoms with Crippen LogP contribution in [0.4, 0.5) is 0 Å². The Morgan fingerprint density at radius 3 is 2.85 bits per heavy atom. The third-order valence-electron chi connectivity index (χ3n) is 3.74. The Bertz CT molecular complexity index is 989. The molecule has 2 aromatic carbocycles. The van der Waals surface area contributed by atoms with E-state index < -0.39 is 5.97 Å². The average Bonchev–Trinajstić information content (AvgIpc) is 3.07. The number of H-pyrrole nitrogens is 1. The van der Waals surface area contributed by atoms with E-state index in [4.69, 9.17) is 9.47 Å². The van der Waals surface area contributed by atoms with Gasteiger partial charge in [-0.3, -0.25) is 0 Å². The molecule has 0 radical (unpaired) electrons. The van der Waals surface area contributed by atoms with Crippen molar-refractivity contribution in [3.63, 3.8) is 0 Å². The number of hydrogen-bond acceptors (Lipinski definition) is 4. The van der Waals surface area contributed by atoms with Crippen molar-refractivity contribution in [1.29, 1.82) is 0 Å². The summed E-state index contributed by atoms with van der Waals surface area (Å²) >= 11 is 0. The van der Waals surface area contributed by atoms with Crippen LogP contribution in [0.1, 0.15) is 21.7 Å². The third-order valence-corrected chi connectivity index (χ3v) is 3.74. The van der Waals surface area contributed by atoms with E-state index in [1.165, 1.54) is 6.07 Å². The van der Waals surface area contributed by atoms with E-state index in [-0.39, 0.29) is 5.56 Å². The zero-order chi connectivity index (χ0) is 18.5. The van der Waals surface area contributed by atoms with Crippen LogP contribution in [0.15, 0.2) is 49.1 Å². The van der Waals surface area contributed by atoms with Gasteiger partial charge >= 0.3 is 5.97 Å². The van der Waals surface area contributed by atoms with Gasteiger partial charge in [0.1, 0.15) is 17.9 Å². The quantitative estimate of drug-likeness (QED) is 0.629. The van der Waals surface area contributed by atoms with Gasteiger partial charge in [-0.05, 0) is 35.9 Å². The summed E-state index contributed by atoms with van der Waals surface area (Å²) in [4.78, 5) is 18.7. The fourth-order valence-electron chi connectivity index (χ4n) is 2.54. The summed E-state index contributed by atoms with van der Waals surface area (Å²) in [5.74, 6) is 0.820. The van der Waals surface area contributed by atoms with Crippen LogP contribution in [0, 0.1) is 0 Å². The number of hydrogen-bond donors (Lipinski definition) is 2. The largest absolute Gasteiger partial charge is 0.493 e. The standard InChI is InChI=1S/C20H18N2O4/c1-3-11-26-17-12-13(7-9-16(17)25-2)8-10-18-21-15-6-4-5-14(20(23)24)19(15)22-18/h3-10,12H,1,11H2,2H3,(H,21,22)(H,23,24). The molecular weight excluding hydrogens is 332 g/mol. The topological polar surface area (TPSA) is 84.4 Å². The molecule has 0 unspecified atom stereocenters. The number of methoxy groups -OCH3 is 1. The molecule has 1 heterocycles. The fourth-order valence-corrected chi connectivity index (χ4v) is 2.54. The minimum absolute atomic E-state index is 0.169. The summed E-state index contributed by atoms with van der Waals surface area (Å²) in [6.45, 7) is 4.02. The second-order valence-corrected chi connectivity index (χ2v) is 5.47. The lowest BCUT2D eigenvalue weighted by Gasteiger charge is -2.09. The first-order valence-electron chi connectivity index (χ1n) is 7.94. The molecule has 0 bridgehead atoms. The molecule has 26 heavy (non-hydrogen) atoms. The number of nitrogens with zero attached hydrogens (tertiary/aromatic N) is 1. The maximum Gasteiger partial charge on any atom is 0.337 e. The van der Waals surface area contributed by atoms with E-state index in [9.17, 15) is 9.90 Å². The summed E-state index contributed by atoms with van der Waals surface area (Å²) in [6, 6.07) is 10.6. The Morgan fingerprint density at radius 1 is 1.27 bits per heavy atom. The van der Waals surface area contributed by atoms with Gasteiger partial charge in [-0.2, -0.15) is 0 Å². The van der Waals surface area contributed by atoms with Gasteiger partial charge in [0, 0.05) is 0 Å². The van der Waals surface area contributed by atoms with Gasteiger partial charge < -0.3 is 19.6 Å². The van der Waals surface area contributed by atoms with Gasteiger partial charge in [0.25, 0.3) is 0 Å². The summed E-state index contributed by atoms with van der Waals surface area (Å²) in [5, 5.41) is 9.25. The molecule has 0 aliphatic rings. The number of fused-ring (bicyclic) bond motifs is 1. The minimum Gasteiger partial charge on any atom is -0.493 e. The number of rotatable bonds is 7. The summed E-state index contributed by atoms with van der Waals surface area (Å²) < 4.78 is 10.9. The van der Waals surface area contributed by atoms with Crippen molar-refractivity contribution in [2.45, 2.75) is 0 Å². The van der Waals surface area contributed by atoms with E-state index in [1.807, 2.05) is 24.3 Å². The number of carbonyl (C=O) groups is 1. The fraction of sp³-hybridized carbons (Fsp3) is 0.100. The van der Waals surface area contributed by atoms with E-state index in [2.05, 4.69) is 16.5 Å². The van der Waals surface area contributed by atoms with Crippen molar-refractivity contribution in [3.8, 4) is 11.5 Å². The van der Waals surface area contributed by atoms with Crippen LogP contribution in [0.25, 0.3) is 23.2 Å². The molecule has 0 spiro atoms. The van der Waals surface area contributed by atoms with Crippen molar-refractivity contribution >= 4 is 29.2 Å². The maximum atomic E-state index is 11.3. The lowest BCUT2D eigenvalue weighted by atomic mass is 10.2. The van der Waals surface area contributed by atoms with E-state index in [1.54, 1.807) is 31.4 Å². The van der Waals surface area contributed by atoms with Crippen molar-refractivity contribution in [1.82, 2.24) is 9.97 Å². The molecule has 6 heteroatoms. The first-order valence-corrected chi connectivity index (χ1v) is 7.94. The molecule has 0 aliphatic carbocycles. The van der Waals surface area contributed by atoms with E-state index in [0.29, 0.717) is 35.0 Å². The highest BCUT2D eigenvalue weighted by Gasteiger charge is 2.11. The molecule has 0 atom stereocenters. The Labute approximate surface area is 150 Å². The summed E-state index contributed by atoms with van der Waals surface area (Å²) in [7, 11) is 1.58. The Hall–Kier alpha value is -3.54. The molecule has 2 N–H and O–H groups in total. The number of nitrogens with one attached hydrogen (secondary N) is 1. The molecule has 0 fully saturated rings. The summed E-state index contributed by atoms with van der Waals surface area (Å²) in [6.07, 6.45) is 5.31. The third kappa shape index (κ3) is 3.59. The van der Waals surface area contributed by atoms with E-state index >= 15 is 0 Å². The minimum atomic E-state index is -1.00. The molecule has 0 saturated carbocycles. The van der Waals surface area contributed by atoms with Crippen LogP contribution in [-0.2, 0) is 0 Å². The van der Waals surface area contributed by atoms with Gasteiger partial charge in [-0.15, -0.1) is 0 Å². The molecule has 6 nitrogen and oxygen atoms in total. The molecule has 132 valence electrons. The van der Waals surface area contributed by atoms with Crippen LogP contribution in [0.2, 0.25) is 0 Å². The number of carboxylic acids is 1. The Kier molecular flexibility index (Phi) is 5.03. The van der Waals surface area contributed by atoms with Crippen LogP contribution in [0.5, 0.6) is 11.5 Å². The molecule has 0 aliphatic heterocycles. The Balaban J connectivity index is 1.90. The zero-order valence-electron chi connectivity index (χ0n) is 14.2. The monoisotopic (exact) mass is 350 g/mol. The molecule has 1 aromatic heterocycles. The molecule has 3 aromatic rings. The number of carboxylic acid groups (broad SMARTS) is 1. The second-order valence-electron chi connectivity index (χ2n) is 5.47. The smallest absolute Gasteiger partial charge is 0.337 e. The van der Waals surface area contributed by atoms with Crippen molar-refractivity contribution in [3.05, 3.63) is 66.0 Å². The van der Waals surface area contributed by atoms with Gasteiger partial charge in [0.15, 0.2) is 11.5 Å². The lowest BCUT2D eigenvalue weighted by Crippen LogP contribution is -1.96. The highest BCUT2D eigenvalue weighted by molar-refractivity contribution is 6.01. The molecule has 3 rings (SSSR count). The van der Waals surface area contributed by atoms with Gasteiger partial charge in [-0.1, -0.05) is 30.9 Å². The molecular formula is C20H18N2O4. The highest BCUT2D eigenvalue weighted by atomic mass is 16.5. The van der Waals surface area contributed by atoms with E-state index in [0.717, 1.165) is 5.56 Å². The summed E-state index contributed by atoms with van der Waals surface area (Å²) in [5.41, 5.74) is 2.17. The predicted molar refractivity (Wildman–Crippen MR) is 101 cm³/mol. The normalized spacial score (nSPS) is 11.0. The predicted octanol–water partition coefficient (Wildman–Crippen LogP) is 4.00. The zero-order valence-corrected chi connectivity index (χ0v) is 14.2. The SMILES string of the molecule is C=CCOc1cc(C=Cc2nc3c(C(=O)O)cccc3[nH]2)ccc1OC. The number of para-hydroxylation sites is 1. The lowest BCUT2D eigenvalue weighted by molar-refractivity contribution is 0.0699. The number of imidazole rings is 1.